The Morgan fingerprint density at radius 3 is 2.43 bits per heavy atom. The molecule has 1 amide bonds. The summed E-state index contributed by atoms with van der Waals surface area (Å²) in [6.07, 6.45) is 3.73. The number of hydrogen-bond donors (Lipinski definition) is 1. The van der Waals surface area contributed by atoms with Crippen molar-refractivity contribution in [2.24, 2.45) is 5.92 Å². The SMILES string of the molecule is CN1CCC(Oc2ccc(CNC(=O)C3CCCN(S(=O)(=O)N(C)C)C3)cc2)CC1. The lowest BCUT2D eigenvalue weighted by Gasteiger charge is -2.32. The molecule has 2 aliphatic rings. The summed E-state index contributed by atoms with van der Waals surface area (Å²) >= 11 is 0. The molecule has 168 valence electrons. The van der Waals surface area contributed by atoms with Crippen molar-refractivity contribution in [2.75, 3.05) is 47.3 Å². The molecule has 2 heterocycles. The van der Waals surface area contributed by atoms with Crippen LogP contribution in [0.25, 0.3) is 0 Å². The predicted octanol–water partition coefficient (Wildman–Crippen LogP) is 1.29. The Hall–Kier alpha value is -1.68. The quantitative estimate of drug-likeness (QED) is 0.694. The van der Waals surface area contributed by atoms with Crippen LogP contribution >= 0.6 is 0 Å². The molecule has 0 aliphatic carbocycles. The summed E-state index contributed by atoms with van der Waals surface area (Å²) in [5.74, 6) is 0.442. The molecule has 0 saturated carbocycles. The number of nitrogens with zero attached hydrogens (tertiary/aromatic N) is 3. The number of ether oxygens (including phenoxy) is 1. The maximum absolute atomic E-state index is 12.6. The van der Waals surface area contributed by atoms with Gasteiger partial charge in [0.2, 0.25) is 5.91 Å². The van der Waals surface area contributed by atoms with Crippen molar-refractivity contribution in [3.05, 3.63) is 29.8 Å². The van der Waals surface area contributed by atoms with Crippen LogP contribution in [0.1, 0.15) is 31.2 Å². The van der Waals surface area contributed by atoms with E-state index in [4.69, 9.17) is 4.74 Å². The van der Waals surface area contributed by atoms with Crippen LogP contribution in [0.3, 0.4) is 0 Å². The number of hydrogen-bond acceptors (Lipinski definition) is 5. The summed E-state index contributed by atoms with van der Waals surface area (Å²) in [6, 6.07) is 7.83. The molecule has 9 heteroatoms. The minimum absolute atomic E-state index is 0.0969. The number of benzene rings is 1. The lowest BCUT2D eigenvalue weighted by molar-refractivity contribution is -0.126. The molecule has 2 aliphatic heterocycles. The Morgan fingerprint density at radius 1 is 1.13 bits per heavy atom. The van der Waals surface area contributed by atoms with Gasteiger partial charge in [-0.15, -0.1) is 0 Å². The Bertz CT molecular complexity index is 805. The van der Waals surface area contributed by atoms with Crippen molar-refractivity contribution >= 4 is 16.1 Å². The fraction of sp³-hybridized carbons (Fsp3) is 0.667. The smallest absolute Gasteiger partial charge is 0.281 e. The molecule has 1 aromatic rings. The van der Waals surface area contributed by atoms with Crippen molar-refractivity contribution in [1.29, 1.82) is 0 Å². The zero-order valence-corrected chi connectivity index (χ0v) is 19.0. The van der Waals surface area contributed by atoms with Crippen molar-refractivity contribution in [3.8, 4) is 5.75 Å². The number of carbonyl (C=O) groups is 1. The van der Waals surface area contributed by atoms with Crippen LogP contribution in [0.4, 0.5) is 0 Å². The second-order valence-electron chi connectivity index (χ2n) is 8.47. The van der Waals surface area contributed by atoms with Gasteiger partial charge in [-0.25, -0.2) is 0 Å². The summed E-state index contributed by atoms with van der Waals surface area (Å²) in [7, 11) is 1.67. The zero-order valence-electron chi connectivity index (χ0n) is 18.2. The molecular weight excluding hydrogens is 404 g/mol. The average Bonchev–Trinajstić information content (AvgIpc) is 2.74. The topological polar surface area (TPSA) is 82.2 Å². The number of likely N-dealkylation sites (tertiary alicyclic amines) is 1. The number of rotatable bonds is 7. The molecule has 1 atom stereocenters. The van der Waals surface area contributed by atoms with Crippen LogP contribution < -0.4 is 10.1 Å². The lowest BCUT2D eigenvalue weighted by atomic mass is 9.99. The number of carbonyl (C=O) groups excluding carboxylic acids is 1. The van der Waals surface area contributed by atoms with Crippen molar-refractivity contribution in [3.63, 3.8) is 0 Å². The van der Waals surface area contributed by atoms with E-state index in [1.54, 1.807) is 0 Å². The molecule has 0 spiro atoms. The van der Waals surface area contributed by atoms with Crippen LogP contribution in [0, 0.1) is 5.92 Å². The van der Waals surface area contributed by atoms with Crippen LogP contribution in [-0.2, 0) is 21.5 Å². The average molecular weight is 439 g/mol. The van der Waals surface area contributed by atoms with Crippen molar-refractivity contribution in [2.45, 2.75) is 38.3 Å². The van der Waals surface area contributed by atoms with Crippen LogP contribution in [0.5, 0.6) is 5.75 Å². The molecule has 0 bridgehead atoms. The van der Waals surface area contributed by atoms with E-state index in [9.17, 15) is 13.2 Å². The van der Waals surface area contributed by atoms with Crippen LogP contribution in [-0.4, -0.2) is 81.3 Å². The highest BCUT2D eigenvalue weighted by Gasteiger charge is 2.33. The number of nitrogens with one attached hydrogen (secondary N) is 1. The highest BCUT2D eigenvalue weighted by molar-refractivity contribution is 7.86. The van der Waals surface area contributed by atoms with Gasteiger partial charge in [0, 0.05) is 46.8 Å². The van der Waals surface area contributed by atoms with Crippen molar-refractivity contribution < 1.29 is 17.9 Å². The Balaban J connectivity index is 1.47. The van der Waals surface area contributed by atoms with Gasteiger partial charge >= 0.3 is 0 Å². The van der Waals surface area contributed by atoms with Gasteiger partial charge < -0.3 is 15.0 Å². The Labute approximate surface area is 180 Å². The molecular formula is C21H34N4O4S. The maximum atomic E-state index is 12.6. The summed E-state index contributed by atoms with van der Waals surface area (Å²) in [5, 5.41) is 2.96. The van der Waals surface area contributed by atoms with Gasteiger partial charge in [-0.2, -0.15) is 17.0 Å². The minimum Gasteiger partial charge on any atom is -0.490 e. The normalized spacial score (nSPS) is 22.2. The lowest BCUT2D eigenvalue weighted by Crippen LogP contribution is -2.48. The standard InChI is InChI=1S/C21H34N4O4S/c1-23(2)30(27,28)25-12-4-5-18(16-25)21(26)22-15-17-6-8-19(9-7-17)29-20-10-13-24(3)14-11-20/h6-9,18,20H,4-5,10-16H2,1-3H3,(H,22,26). The highest BCUT2D eigenvalue weighted by Crippen LogP contribution is 2.21. The predicted molar refractivity (Wildman–Crippen MR) is 116 cm³/mol. The molecule has 30 heavy (non-hydrogen) atoms. The first-order valence-corrected chi connectivity index (χ1v) is 12.0. The Morgan fingerprint density at radius 2 is 1.80 bits per heavy atom. The molecule has 2 fully saturated rings. The fourth-order valence-corrected chi connectivity index (χ4v) is 5.10. The van der Waals surface area contributed by atoms with E-state index in [1.165, 1.54) is 22.7 Å². The molecule has 3 rings (SSSR count). The van der Waals surface area contributed by atoms with Gasteiger partial charge in [0.15, 0.2) is 0 Å². The third kappa shape index (κ3) is 5.94. The Kier molecular flexibility index (Phi) is 7.73. The first kappa shape index (κ1) is 23.0. The number of amides is 1. The maximum Gasteiger partial charge on any atom is 0.281 e. The summed E-state index contributed by atoms with van der Waals surface area (Å²) in [6.45, 7) is 3.23. The molecule has 1 unspecified atom stereocenters. The first-order valence-electron chi connectivity index (χ1n) is 10.6. The van der Waals surface area contributed by atoms with E-state index in [0.717, 1.165) is 37.2 Å². The third-order valence-corrected chi connectivity index (χ3v) is 7.81. The summed E-state index contributed by atoms with van der Waals surface area (Å²) in [4.78, 5) is 14.9. The van der Waals surface area contributed by atoms with E-state index in [-0.39, 0.29) is 24.5 Å². The van der Waals surface area contributed by atoms with E-state index in [1.807, 2.05) is 24.3 Å². The largest absolute Gasteiger partial charge is 0.490 e. The van der Waals surface area contributed by atoms with Gasteiger partial charge in [0.25, 0.3) is 10.2 Å². The first-order chi connectivity index (χ1) is 14.3. The molecule has 2 saturated heterocycles. The van der Waals surface area contributed by atoms with Gasteiger partial charge in [-0.3, -0.25) is 4.79 Å². The molecule has 1 N–H and O–H groups in total. The molecule has 1 aromatic carbocycles. The molecule has 0 radical (unpaired) electrons. The highest BCUT2D eigenvalue weighted by atomic mass is 32.2. The monoisotopic (exact) mass is 438 g/mol. The van der Waals surface area contributed by atoms with Gasteiger partial charge in [0.1, 0.15) is 11.9 Å². The second kappa shape index (κ2) is 10.1. The summed E-state index contributed by atoms with van der Waals surface area (Å²) < 4.78 is 33.3. The van der Waals surface area contributed by atoms with Gasteiger partial charge in [0.05, 0.1) is 5.92 Å². The van der Waals surface area contributed by atoms with E-state index < -0.39 is 10.2 Å². The van der Waals surface area contributed by atoms with Crippen molar-refractivity contribution in [1.82, 2.24) is 18.8 Å². The zero-order chi connectivity index (χ0) is 21.7. The molecule has 8 nitrogen and oxygen atoms in total. The van der Waals surface area contributed by atoms with Gasteiger partial charge in [-0.05, 0) is 50.4 Å². The van der Waals surface area contributed by atoms with E-state index in [2.05, 4.69) is 17.3 Å². The number of piperidine rings is 2. The molecule has 0 aromatic heterocycles. The van der Waals surface area contributed by atoms with Crippen LogP contribution in [0.2, 0.25) is 0 Å². The fourth-order valence-electron chi connectivity index (χ4n) is 3.91. The van der Waals surface area contributed by atoms with E-state index in [0.29, 0.717) is 25.9 Å². The van der Waals surface area contributed by atoms with E-state index >= 15 is 0 Å². The second-order valence-corrected chi connectivity index (χ2v) is 10.6. The van der Waals surface area contributed by atoms with Gasteiger partial charge in [-0.1, -0.05) is 12.1 Å². The third-order valence-electron chi connectivity index (χ3n) is 5.90. The van der Waals surface area contributed by atoms with Crippen LogP contribution in [0.15, 0.2) is 24.3 Å². The minimum atomic E-state index is -3.48. The summed E-state index contributed by atoms with van der Waals surface area (Å²) in [5.41, 5.74) is 0.993.